The number of rotatable bonds is 16. The van der Waals surface area contributed by atoms with Gasteiger partial charge in [-0.1, -0.05) is 31.5 Å². The molecule has 0 unspecified atom stereocenters. The number of ether oxygens (including phenoxy) is 3. The number of carbonyl (C=O) groups is 4. The molecule has 0 atom stereocenters. The monoisotopic (exact) mass is 696 g/mol. The highest BCUT2D eigenvalue weighted by Gasteiger charge is 2.31. The van der Waals surface area contributed by atoms with Crippen molar-refractivity contribution in [3.63, 3.8) is 0 Å². The van der Waals surface area contributed by atoms with Crippen molar-refractivity contribution in [2.75, 3.05) is 58.0 Å². The van der Waals surface area contributed by atoms with Crippen molar-refractivity contribution in [3.05, 3.63) is 82.2 Å². The van der Waals surface area contributed by atoms with Crippen molar-refractivity contribution in [2.24, 2.45) is 0 Å². The number of aldehydes is 1. The van der Waals surface area contributed by atoms with Crippen molar-refractivity contribution < 1.29 is 41.8 Å². The Balaban J connectivity index is 1.48. The molecule has 0 aliphatic carbocycles. The predicted molar refractivity (Wildman–Crippen MR) is 182 cm³/mol. The molecular weight excluding hydrogens is 652 g/mol. The molecule has 0 saturated carbocycles. The van der Waals surface area contributed by atoms with Crippen molar-refractivity contribution in [1.82, 2.24) is 13.9 Å². The van der Waals surface area contributed by atoms with E-state index in [1.54, 1.807) is 45.0 Å². The van der Waals surface area contributed by atoms with Gasteiger partial charge < -0.3 is 19.1 Å². The fraction of sp³-hybridized carbons (Fsp3) is 0.429. The number of nitrogens with zero attached hydrogens (tertiary/aromatic N) is 3. The molecule has 2 aromatic carbocycles. The summed E-state index contributed by atoms with van der Waals surface area (Å²) < 4.78 is 46.5. The Morgan fingerprint density at radius 3 is 2.27 bits per heavy atom. The lowest BCUT2D eigenvalue weighted by Gasteiger charge is -2.34. The summed E-state index contributed by atoms with van der Waals surface area (Å²) in [6.07, 6.45) is 2.25. The Morgan fingerprint density at radius 2 is 1.63 bits per heavy atom. The number of nitrogens with one attached hydrogen (secondary N) is 1. The minimum absolute atomic E-state index is 0.00899. The molecule has 1 fully saturated rings. The highest BCUT2D eigenvalue weighted by molar-refractivity contribution is 7.89. The van der Waals surface area contributed by atoms with E-state index >= 15 is 0 Å². The molecule has 1 N–H and O–H groups in total. The Bertz CT molecular complexity index is 1750. The number of benzene rings is 2. The van der Waals surface area contributed by atoms with Gasteiger partial charge in [-0.25, -0.2) is 22.7 Å². The Hall–Kier alpha value is -4.53. The van der Waals surface area contributed by atoms with Crippen LogP contribution in [-0.4, -0.2) is 99.0 Å². The molecule has 49 heavy (non-hydrogen) atoms. The molecule has 2 heterocycles. The molecular formula is C35H44N4O9S. The summed E-state index contributed by atoms with van der Waals surface area (Å²) in [5, 5.41) is 0. The topological polar surface area (TPSA) is 154 Å². The Labute approximate surface area is 287 Å². The standard InChI is InChI=1S/C35H44N4O9S/c1-5-12-30-29(24-40)25(4)32(35(43)47-7-3)39(30)36-33(41)28-23-27(15-16-31(28)46-6-2)49(44,45)38-20-18-37(19-21-38)17-11-22-48-34(42)26-13-9-8-10-14-26/h8-10,13-16,23-24H,5-7,11-12,17-22H2,1-4H3,(H,36,41). The molecule has 1 aliphatic rings. The van der Waals surface area contributed by atoms with Crippen LogP contribution in [0.3, 0.4) is 0 Å². The number of carbonyl (C=O) groups excluding carboxylic acids is 4. The second kappa shape index (κ2) is 17.2. The fourth-order valence-electron chi connectivity index (χ4n) is 5.72. The van der Waals surface area contributed by atoms with Crippen molar-refractivity contribution in [3.8, 4) is 5.75 Å². The number of piperazine rings is 1. The van der Waals surface area contributed by atoms with Crippen LogP contribution in [0.1, 0.15) is 86.4 Å². The van der Waals surface area contributed by atoms with Crippen LogP contribution in [0.15, 0.2) is 53.4 Å². The SMILES string of the molecule is CCCc1c(C=O)c(C)c(C(=O)OCC)n1NC(=O)c1cc(S(=O)(=O)N2CCN(CCCOC(=O)c3ccccc3)CC2)ccc1OCC. The van der Waals surface area contributed by atoms with E-state index in [0.29, 0.717) is 62.0 Å². The smallest absolute Gasteiger partial charge is 0.357 e. The lowest BCUT2D eigenvalue weighted by atomic mass is 10.1. The second-order valence-corrected chi connectivity index (χ2v) is 13.3. The van der Waals surface area contributed by atoms with E-state index in [0.717, 1.165) is 0 Å². The van der Waals surface area contributed by atoms with Gasteiger partial charge in [0.2, 0.25) is 10.0 Å². The summed E-state index contributed by atoms with van der Waals surface area (Å²) >= 11 is 0. The summed E-state index contributed by atoms with van der Waals surface area (Å²) in [6, 6.07) is 12.9. The number of esters is 2. The zero-order chi connectivity index (χ0) is 35.6. The van der Waals surface area contributed by atoms with Crippen LogP contribution in [0.4, 0.5) is 0 Å². The maximum Gasteiger partial charge on any atom is 0.357 e. The first-order chi connectivity index (χ1) is 23.6. The van der Waals surface area contributed by atoms with Crippen LogP contribution in [-0.2, 0) is 25.9 Å². The van der Waals surface area contributed by atoms with Gasteiger partial charge in [-0.2, -0.15) is 4.31 Å². The molecule has 1 saturated heterocycles. The molecule has 0 bridgehead atoms. The normalized spacial score (nSPS) is 13.9. The van der Waals surface area contributed by atoms with E-state index in [1.165, 1.54) is 27.2 Å². The van der Waals surface area contributed by atoms with Crippen molar-refractivity contribution >= 4 is 34.2 Å². The number of amides is 1. The predicted octanol–water partition coefficient (Wildman–Crippen LogP) is 4.07. The largest absolute Gasteiger partial charge is 0.493 e. The zero-order valence-corrected chi connectivity index (χ0v) is 29.2. The lowest BCUT2D eigenvalue weighted by Crippen LogP contribution is -2.48. The third-order valence-corrected chi connectivity index (χ3v) is 10.1. The van der Waals surface area contributed by atoms with E-state index in [2.05, 4.69) is 10.3 Å². The fourth-order valence-corrected chi connectivity index (χ4v) is 7.17. The average molecular weight is 697 g/mol. The molecule has 14 heteroatoms. The van der Waals surface area contributed by atoms with Crippen LogP contribution >= 0.6 is 0 Å². The van der Waals surface area contributed by atoms with Gasteiger partial charge in [0.05, 0.1) is 41.5 Å². The molecule has 4 rings (SSSR count). The van der Waals surface area contributed by atoms with E-state index < -0.39 is 21.9 Å². The maximum atomic E-state index is 13.9. The molecule has 13 nitrogen and oxygen atoms in total. The first-order valence-electron chi connectivity index (χ1n) is 16.5. The molecule has 3 aromatic rings. The van der Waals surface area contributed by atoms with Crippen LogP contribution in [0.5, 0.6) is 5.75 Å². The minimum atomic E-state index is -3.99. The van der Waals surface area contributed by atoms with Gasteiger partial charge in [-0.15, -0.1) is 0 Å². The number of aromatic nitrogens is 1. The molecule has 1 aliphatic heterocycles. The number of hydrogen-bond donors (Lipinski definition) is 1. The van der Waals surface area contributed by atoms with Crippen LogP contribution in [0, 0.1) is 6.92 Å². The Kier molecular flexibility index (Phi) is 13.1. The van der Waals surface area contributed by atoms with Gasteiger partial charge in [0.15, 0.2) is 12.0 Å². The molecule has 1 amide bonds. The second-order valence-electron chi connectivity index (χ2n) is 11.4. The lowest BCUT2D eigenvalue weighted by molar-refractivity contribution is 0.0480. The van der Waals surface area contributed by atoms with E-state index in [4.69, 9.17) is 14.2 Å². The summed E-state index contributed by atoms with van der Waals surface area (Å²) in [5.41, 5.74) is 4.23. The summed E-state index contributed by atoms with van der Waals surface area (Å²) in [7, 11) is -3.99. The minimum Gasteiger partial charge on any atom is -0.493 e. The van der Waals surface area contributed by atoms with Crippen LogP contribution < -0.4 is 10.2 Å². The third-order valence-electron chi connectivity index (χ3n) is 8.18. The van der Waals surface area contributed by atoms with Gasteiger partial charge in [-0.05, 0) is 69.5 Å². The number of hydrogen-bond acceptors (Lipinski definition) is 10. The van der Waals surface area contributed by atoms with Crippen molar-refractivity contribution in [1.29, 1.82) is 0 Å². The van der Waals surface area contributed by atoms with Gasteiger partial charge in [-0.3, -0.25) is 15.0 Å². The van der Waals surface area contributed by atoms with E-state index in [1.807, 2.05) is 13.0 Å². The van der Waals surface area contributed by atoms with Crippen molar-refractivity contribution in [2.45, 2.75) is 51.9 Å². The van der Waals surface area contributed by atoms with Crippen LogP contribution in [0.25, 0.3) is 0 Å². The molecule has 0 spiro atoms. The number of sulfonamides is 1. The molecule has 0 radical (unpaired) electrons. The highest BCUT2D eigenvalue weighted by atomic mass is 32.2. The maximum absolute atomic E-state index is 13.9. The average Bonchev–Trinajstić information content (AvgIpc) is 3.36. The van der Waals surface area contributed by atoms with Gasteiger partial charge >= 0.3 is 11.9 Å². The first kappa shape index (κ1) is 37.3. The van der Waals surface area contributed by atoms with Gasteiger partial charge in [0, 0.05) is 38.3 Å². The summed E-state index contributed by atoms with van der Waals surface area (Å²) in [4.78, 5) is 53.0. The van der Waals surface area contributed by atoms with Gasteiger partial charge in [0.25, 0.3) is 5.91 Å². The zero-order valence-electron chi connectivity index (χ0n) is 28.4. The molecule has 264 valence electrons. The third kappa shape index (κ3) is 8.74. The quantitative estimate of drug-likeness (QED) is 0.132. The molecule has 1 aromatic heterocycles. The summed E-state index contributed by atoms with van der Waals surface area (Å²) in [6.45, 7) is 9.54. The van der Waals surface area contributed by atoms with E-state index in [9.17, 15) is 27.6 Å². The summed E-state index contributed by atoms with van der Waals surface area (Å²) in [5.74, 6) is -1.66. The first-order valence-corrected chi connectivity index (χ1v) is 17.9. The van der Waals surface area contributed by atoms with Crippen LogP contribution in [0.2, 0.25) is 0 Å². The van der Waals surface area contributed by atoms with Gasteiger partial charge in [0.1, 0.15) is 5.75 Å². The van der Waals surface area contributed by atoms with E-state index in [-0.39, 0.29) is 66.3 Å². The highest BCUT2D eigenvalue weighted by Crippen LogP contribution is 2.28. The Morgan fingerprint density at radius 1 is 0.918 bits per heavy atom.